The molecule has 6 nitrogen and oxygen atoms in total. The van der Waals surface area contributed by atoms with Crippen molar-refractivity contribution < 1.29 is 4.79 Å². The second kappa shape index (κ2) is 8.51. The fourth-order valence-electron chi connectivity index (χ4n) is 2.38. The van der Waals surface area contributed by atoms with Gasteiger partial charge in [0.15, 0.2) is 0 Å². The van der Waals surface area contributed by atoms with Gasteiger partial charge in [0.05, 0.1) is 12.4 Å². The van der Waals surface area contributed by atoms with Crippen LogP contribution in [0.5, 0.6) is 0 Å². The van der Waals surface area contributed by atoms with Crippen molar-refractivity contribution in [3.8, 4) is 0 Å². The van der Waals surface area contributed by atoms with Crippen molar-refractivity contribution in [1.29, 1.82) is 0 Å². The molecule has 2 aromatic carbocycles. The van der Waals surface area contributed by atoms with Crippen LogP contribution in [0.4, 0.5) is 17.2 Å². The van der Waals surface area contributed by atoms with Gasteiger partial charge >= 0.3 is 0 Å². The monoisotopic (exact) mass is 381 g/mol. The molecule has 3 aromatic rings. The Kier molecular flexibility index (Phi) is 5.88. The van der Waals surface area contributed by atoms with E-state index in [9.17, 15) is 4.79 Å². The molecule has 0 aliphatic carbocycles. The molecule has 1 heterocycles. The van der Waals surface area contributed by atoms with Crippen LogP contribution >= 0.6 is 11.6 Å². The minimum absolute atomic E-state index is 0.262. The van der Waals surface area contributed by atoms with Crippen LogP contribution in [0, 0.1) is 0 Å². The number of amides is 1. The van der Waals surface area contributed by atoms with Crippen molar-refractivity contribution >= 4 is 34.7 Å². The first-order valence-corrected chi connectivity index (χ1v) is 8.78. The SMILES string of the molecule is CN(C)c1ccc(Nc2cnc(C(=O)NCc3ccc(Cl)cc3)cn2)cc1. The predicted octanol–water partition coefficient (Wildman–Crippen LogP) is 3.87. The standard InChI is InChI=1S/C20H20ClN5O/c1-26(2)17-9-7-16(8-10-17)25-19-13-22-18(12-23-19)20(27)24-11-14-3-5-15(21)6-4-14/h3-10,12-13H,11H2,1-2H3,(H,23,25)(H,24,27). The summed E-state index contributed by atoms with van der Waals surface area (Å²) >= 11 is 5.85. The van der Waals surface area contributed by atoms with E-state index < -0.39 is 0 Å². The lowest BCUT2D eigenvalue weighted by molar-refractivity contribution is 0.0945. The molecule has 2 N–H and O–H groups in total. The molecular formula is C20H20ClN5O. The van der Waals surface area contributed by atoms with E-state index in [0.29, 0.717) is 17.4 Å². The lowest BCUT2D eigenvalue weighted by Crippen LogP contribution is -2.24. The van der Waals surface area contributed by atoms with Crippen molar-refractivity contribution in [2.24, 2.45) is 0 Å². The molecule has 3 rings (SSSR count). The van der Waals surface area contributed by atoms with E-state index in [-0.39, 0.29) is 11.6 Å². The van der Waals surface area contributed by atoms with Crippen LogP contribution in [0.15, 0.2) is 60.9 Å². The Balaban J connectivity index is 1.57. The second-order valence-electron chi connectivity index (χ2n) is 6.16. The van der Waals surface area contributed by atoms with Crippen molar-refractivity contribution in [3.05, 3.63) is 77.2 Å². The minimum atomic E-state index is -0.278. The van der Waals surface area contributed by atoms with Gasteiger partial charge in [-0.15, -0.1) is 0 Å². The molecule has 0 aliphatic rings. The summed E-state index contributed by atoms with van der Waals surface area (Å²) in [5, 5.41) is 6.64. The van der Waals surface area contributed by atoms with Gasteiger partial charge in [-0.25, -0.2) is 9.97 Å². The van der Waals surface area contributed by atoms with Crippen LogP contribution in [0.3, 0.4) is 0 Å². The summed E-state index contributed by atoms with van der Waals surface area (Å²) in [6.45, 7) is 0.399. The number of benzene rings is 2. The van der Waals surface area contributed by atoms with Gasteiger partial charge in [0, 0.05) is 37.0 Å². The number of anilines is 3. The lowest BCUT2D eigenvalue weighted by Gasteiger charge is -2.13. The molecule has 0 fully saturated rings. The normalized spacial score (nSPS) is 10.3. The van der Waals surface area contributed by atoms with Gasteiger partial charge in [0.2, 0.25) is 0 Å². The number of hydrogen-bond donors (Lipinski definition) is 2. The van der Waals surface area contributed by atoms with Gasteiger partial charge in [0.1, 0.15) is 11.5 Å². The van der Waals surface area contributed by atoms with Crippen LogP contribution < -0.4 is 15.5 Å². The maximum absolute atomic E-state index is 12.2. The average molecular weight is 382 g/mol. The number of carbonyl (C=O) groups is 1. The Morgan fingerprint density at radius 3 is 2.30 bits per heavy atom. The van der Waals surface area contributed by atoms with E-state index in [1.54, 1.807) is 12.1 Å². The first-order chi connectivity index (χ1) is 13.0. The summed E-state index contributed by atoms with van der Waals surface area (Å²) < 4.78 is 0. The fourth-order valence-corrected chi connectivity index (χ4v) is 2.50. The van der Waals surface area contributed by atoms with Crippen molar-refractivity contribution in [2.75, 3.05) is 24.3 Å². The number of nitrogens with zero attached hydrogens (tertiary/aromatic N) is 3. The van der Waals surface area contributed by atoms with Gasteiger partial charge < -0.3 is 15.5 Å². The highest BCUT2D eigenvalue weighted by Gasteiger charge is 2.08. The van der Waals surface area contributed by atoms with Crippen molar-refractivity contribution in [3.63, 3.8) is 0 Å². The fraction of sp³-hybridized carbons (Fsp3) is 0.150. The highest BCUT2D eigenvalue weighted by atomic mass is 35.5. The van der Waals surface area contributed by atoms with Crippen LogP contribution in [0.25, 0.3) is 0 Å². The van der Waals surface area contributed by atoms with Crippen LogP contribution in [0.1, 0.15) is 16.1 Å². The van der Waals surface area contributed by atoms with E-state index in [2.05, 4.69) is 20.6 Å². The number of rotatable bonds is 6. The Morgan fingerprint density at radius 1 is 1.00 bits per heavy atom. The Labute approximate surface area is 163 Å². The third kappa shape index (κ3) is 5.18. The molecular weight excluding hydrogens is 362 g/mol. The second-order valence-corrected chi connectivity index (χ2v) is 6.60. The quantitative estimate of drug-likeness (QED) is 0.678. The van der Waals surface area contributed by atoms with Crippen LogP contribution in [-0.2, 0) is 6.54 Å². The minimum Gasteiger partial charge on any atom is -0.378 e. The number of hydrogen-bond acceptors (Lipinski definition) is 5. The molecule has 0 unspecified atom stereocenters. The van der Waals surface area contributed by atoms with E-state index in [1.807, 2.05) is 55.4 Å². The van der Waals surface area contributed by atoms with E-state index in [1.165, 1.54) is 12.4 Å². The van der Waals surface area contributed by atoms with Crippen molar-refractivity contribution in [2.45, 2.75) is 6.54 Å². The van der Waals surface area contributed by atoms with E-state index in [0.717, 1.165) is 16.9 Å². The molecule has 0 radical (unpaired) electrons. The van der Waals surface area contributed by atoms with E-state index in [4.69, 9.17) is 11.6 Å². The Morgan fingerprint density at radius 2 is 1.70 bits per heavy atom. The van der Waals surface area contributed by atoms with Gasteiger partial charge in [-0.2, -0.15) is 0 Å². The summed E-state index contributed by atoms with van der Waals surface area (Å²) in [6, 6.07) is 15.2. The van der Waals surface area contributed by atoms with Gasteiger partial charge in [-0.3, -0.25) is 4.79 Å². The smallest absolute Gasteiger partial charge is 0.271 e. The summed E-state index contributed by atoms with van der Waals surface area (Å²) in [5.41, 5.74) is 3.23. The van der Waals surface area contributed by atoms with Gasteiger partial charge in [-0.05, 0) is 42.0 Å². The number of nitrogens with one attached hydrogen (secondary N) is 2. The van der Waals surface area contributed by atoms with E-state index >= 15 is 0 Å². The summed E-state index contributed by atoms with van der Waals surface area (Å²) in [6.07, 6.45) is 2.99. The molecule has 1 aromatic heterocycles. The zero-order valence-electron chi connectivity index (χ0n) is 15.1. The number of aromatic nitrogens is 2. The predicted molar refractivity (Wildman–Crippen MR) is 109 cm³/mol. The molecule has 0 atom stereocenters. The highest BCUT2D eigenvalue weighted by Crippen LogP contribution is 2.18. The van der Waals surface area contributed by atoms with Crippen LogP contribution in [0.2, 0.25) is 5.02 Å². The number of halogens is 1. The molecule has 0 aliphatic heterocycles. The van der Waals surface area contributed by atoms with Gasteiger partial charge in [-0.1, -0.05) is 23.7 Å². The topological polar surface area (TPSA) is 70.2 Å². The highest BCUT2D eigenvalue weighted by molar-refractivity contribution is 6.30. The van der Waals surface area contributed by atoms with Crippen LogP contribution in [-0.4, -0.2) is 30.0 Å². The first kappa shape index (κ1) is 18.7. The third-order valence-electron chi connectivity index (χ3n) is 3.91. The number of carbonyl (C=O) groups excluding carboxylic acids is 1. The third-order valence-corrected chi connectivity index (χ3v) is 4.16. The average Bonchev–Trinajstić information content (AvgIpc) is 2.68. The Bertz CT molecular complexity index is 893. The summed E-state index contributed by atoms with van der Waals surface area (Å²) in [5.74, 6) is 0.293. The maximum atomic E-state index is 12.2. The van der Waals surface area contributed by atoms with Gasteiger partial charge in [0.25, 0.3) is 5.91 Å². The molecule has 0 bridgehead atoms. The van der Waals surface area contributed by atoms with Crippen molar-refractivity contribution in [1.82, 2.24) is 15.3 Å². The molecule has 1 amide bonds. The molecule has 138 valence electrons. The Hall–Kier alpha value is -3.12. The summed E-state index contributed by atoms with van der Waals surface area (Å²) in [4.78, 5) is 22.7. The maximum Gasteiger partial charge on any atom is 0.271 e. The molecule has 27 heavy (non-hydrogen) atoms. The molecule has 7 heteroatoms. The lowest BCUT2D eigenvalue weighted by atomic mass is 10.2. The molecule has 0 saturated carbocycles. The zero-order valence-corrected chi connectivity index (χ0v) is 15.9. The molecule has 0 spiro atoms. The first-order valence-electron chi connectivity index (χ1n) is 8.40. The zero-order chi connectivity index (χ0) is 19.2. The largest absolute Gasteiger partial charge is 0.378 e. The summed E-state index contributed by atoms with van der Waals surface area (Å²) in [7, 11) is 3.98. The molecule has 0 saturated heterocycles.